The second-order valence-electron chi connectivity index (χ2n) is 4.47. The molecule has 1 saturated carbocycles. The lowest BCUT2D eigenvalue weighted by atomic mass is 9.96. The summed E-state index contributed by atoms with van der Waals surface area (Å²) in [7, 11) is 0. The average molecular weight is 233 g/mol. The van der Waals surface area contributed by atoms with Crippen LogP contribution in [-0.2, 0) is 9.53 Å². The number of carbonyl (C=O) groups excluding carboxylic acids is 1. The zero-order valence-corrected chi connectivity index (χ0v) is 9.52. The van der Waals surface area contributed by atoms with Crippen LogP contribution in [0.5, 0.6) is 5.75 Å². The molecule has 0 aromatic heterocycles. The van der Waals surface area contributed by atoms with E-state index in [-0.39, 0.29) is 12.1 Å². The maximum atomic E-state index is 11.8. The first kappa shape index (κ1) is 10.4. The first-order valence-electron chi connectivity index (χ1n) is 6.03. The van der Waals surface area contributed by atoms with Gasteiger partial charge in [0.2, 0.25) is 6.10 Å². The minimum absolute atomic E-state index is 0.114. The summed E-state index contributed by atoms with van der Waals surface area (Å²) in [6.07, 6.45) is 2.73. The zero-order valence-electron chi connectivity index (χ0n) is 9.52. The van der Waals surface area contributed by atoms with E-state index in [4.69, 9.17) is 9.47 Å². The van der Waals surface area contributed by atoms with Crippen molar-refractivity contribution in [3.8, 4) is 5.75 Å². The van der Waals surface area contributed by atoms with Crippen molar-refractivity contribution in [2.45, 2.75) is 31.5 Å². The molecule has 0 amide bonds. The third-order valence-electron chi connectivity index (χ3n) is 3.23. The summed E-state index contributed by atoms with van der Waals surface area (Å²) in [5.74, 6) is 0.464. The van der Waals surface area contributed by atoms with E-state index in [1.165, 1.54) is 0 Å². The number of ether oxygens (including phenoxy) is 2. The molecule has 0 saturated heterocycles. The predicted octanol–water partition coefficient (Wildman–Crippen LogP) is 1.96. The molecule has 1 aliphatic heterocycles. The van der Waals surface area contributed by atoms with Crippen LogP contribution < -0.4 is 10.1 Å². The maximum Gasteiger partial charge on any atom is 0.349 e. The van der Waals surface area contributed by atoms with E-state index < -0.39 is 6.10 Å². The normalized spacial score (nSPS) is 22.7. The van der Waals surface area contributed by atoms with Crippen LogP contribution in [0.4, 0.5) is 5.69 Å². The lowest BCUT2D eigenvalue weighted by Gasteiger charge is -2.30. The summed E-state index contributed by atoms with van der Waals surface area (Å²) in [6, 6.07) is 7.61. The van der Waals surface area contributed by atoms with Gasteiger partial charge in [0.25, 0.3) is 0 Å². The molecule has 4 nitrogen and oxygen atoms in total. The number of hydrogen-bond donors (Lipinski definition) is 1. The minimum Gasteiger partial charge on any atom is -0.475 e. The molecule has 1 N–H and O–H groups in total. The quantitative estimate of drug-likeness (QED) is 0.793. The third-order valence-corrected chi connectivity index (χ3v) is 3.23. The Bertz CT molecular complexity index is 428. The van der Waals surface area contributed by atoms with Crippen molar-refractivity contribution in [3.05, 3.63) is 24.3 Å². The van der Waals surface area contributed by atoms with Crippen LogP contribution in [-0.4, -0.2) is 24.7 Å². The van der Waals surface area contributed by atoms with Gasteiger partial charge in [0.1, 0.15) is 11.9 Å². The lowest BCUT2D eigenvalue weighted by Crippen LogP contribution is -2.41. The van der Waals surface area contributed by atoms with Crippen molar-refractivity contribution in [3.63, 3.8) is 0 Å². The number of rotatable bonds is 2. The molecule has 3 rings (SSSR count). The van der Waals surface area contributed by atoms with Gasteiger partial charge in [-0.15, -0.1) is 0 Å². The largest absolute Gasteiger partial charge is 0.475 e. The molecule has 1 aromatic rings. The standard InChI is InChI=1S/C13H15NO3/c15-13(16-9-4-3-5-9)12-8-14-10-6-1-2-7-11(10)17-12/h1-2,6-7,9,12,14H,3-5,8H2. The van der Waals surface area contributed by atoms with Crippen LogP contribution in [0.2, 0.25) is 0 Å². The lowest BCUT2D eigenvalue weighted by molar-refractivity contribution is -0.160. The fraction of sp³-hybridized carbons (Fsp3) is 0.462. The van der Waals surface area contributed by atoms with Crippen molar-refractivity contribution in [2.24, 2.45) is 0 Å². The molecule has 0 radical (unpaired) electrons. The van der Waals surface area contributed by atoms with Gasteiger partial charge < -0.3 is 14.8 Å². The molecular formula is C13H15NO3. The molecule has 90 valence electrons. The van der Waals surface area contributed by atoms with E-state index in [0.29, 0.717) is 12.3 Å². The van der Waals surface area contributed by atoms with E-state index in [9.17, 15) is 4.79 Å². The topological polar surface area (TPSA) is 47.6 Å². The first-order valence-corrected chi connectivity index (χ1v) is 6.03. The molecule has 1 heterocycles. The van der Waals surface area contributed by atoms with Crippen molar-refractivity contribution >= 4 is 11.7 Å². The molecule has 1 atom stereocenters. The number of anilines is 1. The molecule has 0 spiro atoms. The Balaban J connectivity index is 1.64. The Morgan fingerprint density at radius 1 is 1.35 bits per heavy atom. The highest BCUT2D eigenvalue weighted by atomic mass is 16.6. The Hall–Kier alpha value is -1.71. The Morgan fingerprint density at radius 3 is 2.94 bits per heavy atom. The second-order valence-corrected chi connectivity index (χ2v) is 4.47. The highest BCUT2D eigenvalue weighted by Crippen LogP contribution is 2.29. The molecular weight excluding hydrogens is 218 g/mol. The predicted molar refractivity (Wildman–Crippen MR) is 63.1 cm³/mol. The molecule has 2 aliphatic rings. The monoisotopic (exact) mass is 233 g/mol. The number of hydrogen-bond acceptors (Lipinski definition) is 4. The van der Waals surface area contributed by atoms with Gasteiger partial charge in [0, 0.05) is 0 Å². The SMILES string of the molecule is O=C(OC1CCC1)C1CNc2ccccc2O1. The van der Waals surface area contributed by atoms with Crippen molar-refractivity contribution in [1.82, 2.24) is 0 Å². The number of nitrogens with one attached hydrogen (secondary N) is 1. The smallest absolute Gasteiger partial charge is 0.349 e. The van der Waals surface area contributed by atoms with Crippen LogP contribution in [0, 0.1) is 0 Å². The van der Waals surface area contributed by atoms with Crippen molar-refractivity contribution < 1.29 is 14.3 Å². The van der Waals surface area contributed by atoms with E-state index in [1.807, 2.05) is 24.3 Å². The van der Waals surface area contributed by atoms with E-state index >= 15 is 0 Å². The molecule has 1 unspecified atom stereocenters. The Kier molecular flexibility index (Phi) is 2.63. The van der Waals surface area contributed by atoms with Crippen LogP contribution in [0.1, 0.15) is 19.3 Å². The van der Waals surface area contributed by atoms with E-state index in [1.54, 1.807) is 0 Å². The van der Waals surface area contributed by atoms with E-state index in [0.717, 1.165) is 24.9 Å². The van der Waals surface area contributed by atoms with Gasteiger partial charge in [-0.2, -0.15) is 0 Å². The fourth-order valence-electron chi connectivity index (χ4n) is 1.97. The number of para-hydroxylation sites is 2. The Labute approximate surface area is 99.9 Å². The van der Waals surface area contributed by atoms with Gasteiger partial charge in [-0.25, -0.2) is 4.79 Å². The Morgan fingerprint density at radius 2 is 2.18 bits per heavy atom. The fourth-order valence-corrected chi connectivity index (χ4v) is 1.97. The van der Waals surface area contributed by atoms with Gasteiger partial charge in [-0.05, 0) is 31.4 Å². The summed E-state index contributed by atoms with van der Waals surface area (Å²) < 4.78 is 11.0. The molecule has 4 heteroatoms. The number of esters is 1. The molecule has 1 fully saturated rings. The number of fused-ring (bicyclic) bond motifs is 1. The van der Waals surface area contributed by atoms with Crippen LogP contribution in [0.25, 0.3) is 0 Å². The summed E-state index contributed by atoms with van der Waals surface area (Å²) in [6.45, 7) is 0.475. The van der Waals surface area contributed by atoms with Gasteiger partial charge in [0.05, 0.1) is 12.2 Å². The van der Waals surface area contributed by atoms with Gasteiger partial charge in [-0.3, -0.25) is 0 Å². The van der Waals surface area contributed by atoms with Gasteiger partial charge >= 0.3 is 5.97 Å². The van der Waals surface area contributed by atoms with Crippen LogP contribution in [0.3, 0.4) is 0 Å². The minimum atomic E-state index is -0.523. The summed E-state index contributed by atoms with van der Waals surface area (Å²) in [4.78, 5) is 11.8. The molecule has 1 aromatic carbocycles. The highest BCUT2D eigenvalue weighted by molar-refractivity contribution is 5.78. The van der Waals surface area contributed by atoms with Gasteiger partial charge in [0.15, 0.2) is 0 Å². The number of carbonyl (C=O) groups is 1. The zero-order chi connectivity index (χ0) is 11.7. The summed E-state index contributed by atoms with van der Waals surface area (Å²) in [5, 5.41) is 3.18. The molecule has 1 aliphatic carbocycles. The van der Waals surface area contributed by atoms with Crippen LogP contribution >= 0.6 is 0 Å². The van der Waals surface area contributed by atoms with Crippen molar-refractivity contribution in [2.75, 3.05) is 11.9 Å². The molecule has 17 heavy (non-hydrogen) atoms. The third kappa shape index (κ3) is 2.07. The van der Waals surface area contributed by atoms with Crippen LogP contribution in [0.15, 0.2) is 24.3 Å². The van der Waals surface area contributed by atoms with E-state index in [2.05, 4.69) is 5.32 Å². The molecule has 0 bridgehead atoms. The maximum absolute atomic E-state index is 11.8. The number of benzene rings is 1. The average Bonchev–Trinajstić information content (AvgIpc) is 2.33. The van der Waals surface area contributed by atoms with Crippen molar-refractivity contribution in [1.29, 1.82) is 0 Å². The highest BCUT2D eigenvalue weighted by Gasteiger charge is 2.30. The van der Waals surface area contributed by atoms with Gasteiger partial charge in [-0.1, -0.05) is 12.1 Å². The summed E-state index contributed by atoms with van der Waals surface area (Å²) >= 11 is 0. The first-order chi connectivity index (χ1) is 8.33. The summed E-state index contributed by atoms with van der Waals surface area (Å²) in [5.41, 5.74) is 0.931. The second kappa shape index (κ2) is 4.28.